The van der Waals surface area contributed by atoms with Crippen LogP contribution in [0.2, 0.25) is 5.02 Å². The average Bonchev–Trinajstić information content (AvgIpc) is 2.74. The van der Waals surface area contributed by atoms with Gasteiger partial charge in [0, 0.05) is 5.02 Å². The first-order valence-electron chi connectivity index (χ1n) is 8.86. The summed E-state index contributed by atoms with van der Waals surface area (Å²) in [6, 6.07) is 19.7. The standard InChI is InChI=1S/C22H17Br2ClN2O3/c23-18-10-15(12-26-27-22(29)20(28)16-4-2-1-3-5-16)11-19(24)21(18)30-13-14-6-8-17(25)9-7-14/h1-12,20,28H,13H2,(H,27,29)/b26-12-/t20-/m0/s1. The van der Waals surface area contributed by atoms with Gasteiger partial charge in [-0.05, 0) is 72.8 Å². The quantitative estimate of drug-likeness (QED) is 0.295. The summed E-state index contributed by atoms with van der Waals surface area (Å²) < 4.78 is 7.34. The smallest absolute Gasteiger partial charge is 0.273 e. The molecule has 2 N–H and O–H groups in total. The van der Waals surface area contributed by atoms with Gasteiger partial charge in [0.15, 0.2) is 6.10 Å². The number of aliphatic hydroxyl groups excluding tert-OH is 1. The molecule has 8 heteroatoms. The van der Waals surface area contributed by atoms with Crippen molar-refractivity contribution in [2.24, 2.45) is 5.10 Å². The lowest BCUT2D eigenvalue weighted by molar-refractivity contribution is -0.129. The Labute approximate surface area is 196 Å². The van der Waals surface area contributed by atoms with Gasteiger partial charge in [-0.25, -0.2) is 5.43 Å². The lowest BCUT2D eigenvalue weighted by Gasteiger charge is -2.11. The van der Waals surface area contributed by atoms with Gasteiger partial charge in [0.05, 0.1) is 15.2 Å². The highest BCUT2D eigenvalue weighted by molar-refractivity contribution is 9.11. The minimum absolute atomic E-state index is 0.384. The van der Waals surface area contributed by atoms with Gasteiger partial charge in [-0.1, -0.05) is 54.1 Å². The van der Waals surface area contributed by atoms with Crippen molar-refractivity contribution in [3.05, 3.63) is 97.4 Å². The number of hydrogen-bond acceptors (Lipinski definition) is 4. The molecule has 0 aromatic heterocycles. The molecule has 0 aliphatic carbocycles. The molecule has 0 bridgehead atoms. The van der Waals surface area contributed by atoms with Crippen LogP contribution in [0.3, 0.4) is 0 Å². The van der Waals surface area contributed by atoms with E-state index in [0.717, 1.165) is 20.1 Å². The molecule has 0 saturated carbocycles. The highest BCUT2D eigenvalue weighted by Crippen LogP contribution is 2.35. The minimum atomic E-state index is -1.29. The summed E-state index contributed by atoms with van der Waals surface area (Å²) in [6.07, 6.45) is 0.194. The highest BCUT2D eigenvalue weighted by atomic mass is 79.9. The van der Waals surface area contributed by atoms with Crippen LogP contribution < -0.4 is 10.2 Å². The van der Waals surface area contributed by atoms with Gasteiger partial charge in [0.25, 0.3) is 5.91 Å². The number of hydrogen-bond donors (Lipinski definition) is 2. The first kappa shape index (κ1) is 22.5. The molecule has 154 valence electrons. The number of aliphatic hydroxyl groups is 1. The second-order valence-electron chi connectivity index (χ2n) is 6.28. The molecule has 0 spiro atoms. The second-order valence-corrected chi connectivity index (χ2v) is 8.42. The molecule has 0 saturated heterocycles. The van der Waals surface area contributed by atoms with Crippen molar-refractivity contribution in [3.63, 3.8) is 0 Å². The van der Waals surface area contributed by atoms with Gasteiger partial charge in [-0.15, -0.1) is 0 Å². The fourth-order valence-corrected chi connectivity index (χ4v) is 4.12. The summed E-state index contributed by atoms with van der Waals surface area (Å²) in [5.41, 5.74) is 4.55. The van der Waals surface area contributed by atoms with Crippen LogP contribution in [0.4, 0.5) is 0 Å². The van der Waals surface area contributed by atoms with E-state index in [0.29, 0.717) is 22.9 Å². The van der Waals surface area contributed by atoms with E-state index in [9.17, 15) is 9.90 Å². The molecule has 0 aliphatic rings. The second kappa shape index (κ2) is 10.7. The Bertz CT molecular complexity index is 1020. The summed E-state index contributed by atoms with van der Waals surface area (Å²) >= 11 is 12.9. The Kier molecular flexibility index (Phi) is 8.04. The molecule has 0 fully saturated rings. The third kappa shape index (κ3) is 6.15. The van der Waals surface area contributed by atoms with Gasteiger partial charge < -0.3 is 9.84 Å². The van der Waals surface area contributed by atoms with E-state index in [-0.39, 0.29) is 0 Å². The maximum absolute atomic E-state index is 12.0. The van der Waals surface area contributed by atoms with Crippen LogP contribution in [-0.4, -0.2) is 17.2 Å². The number of hydrazone groups is 1. The number of amides is 1. The zero-order valence-electron chi connectivity index (χ0n) is 15.6. The largest absolute Gasteiger partial charge is 0.487 e. The number of ether oxygens (including phenoxy) is 1. The van der Waals surface area contributed by atoms with Crippen molar-refractivity contribution >= 4 is 55.6 Å². The maximum atomic E-state index is 12.0. The van der Waals surface area contributed by atoms with E-state index in [1.807, 2.05) is 42.5 Å². The molecule has 30 heavy (non-hydrogen) atoms. The predicted molar refractivity (Wildman–Crippen MR) is 125 cm³/mol. The molecule has 1 amide bonds. The van der Waals surface area contributed by atoms with Crippen molar-refractivity contribution in [2.45, 2.75) is 12.7 Å². The Morgan fingerprint density at radius 2 is 1.73 bits per heavy atom. The molecular weight excluding hydrogens is 536 g/mol. The molecule has 0 aliphatic heterocycles. The Balaban J connectivity index is 1.61. The van der Waals surface area contributed by atoms with Crippen LogP contribution in [0.15, 0.2) is 80.8 Å². The van der Waals surface area contributed by atoms with Crippen LogP contribution in [0, 0.1) is 0 Å². The van der Waals surface area contributed by atoms with Crippen molar-refractivity contribution < 1.29 is 14.6 Å². The molecule has 3 aromatic rings. The molecular formula is C22H17Br2ClN2O3. The van der Waals surface area contributed by atoms with E-state index in [1.165, 1.54) is 6.21 Å². The van der Waals surface area contributed by atoms with E-state index in [4.69, 9.17) is 16.3 Å². The lowest BCUT2D eigenvalue weighted by Crippen LogP contribution is -2.25. The summed E-state index contributed by atoms with van der Waals surface area (Å²) in [6.45, 7) is 0.384. The van der Waals surface area contributed by atoms with E-state index >= 15 is 0 Å². The normalized spacial score (nSPS) is 12.0. The Morgan fingerprint density at radius 1 is 1.10 bits per heavy atom. The topological polar surface area (TPSA) is 70.9 Å². The number of benzene rings is 3. The highest BCUT2D eigenvalue weighted by Gasteiger charge is 2.16. The molecule has 3 rings (SSSR count). The molecule has 0 heterocycles. The van der Waals surface area contributed by atoms with Crippen molar-refractivity contribution in [1.29, 1.82) is 0 Å². The van der Waals surface area contributed by atoms with Crippen LogP contribution in [0.5, 0.6) is 5.75 Å². The van der Waals surface area contributed by atoms with Crippen molar-refractivity contribution in [3.8, 4) is 5.75 Å². The third-order valence-electron chi connectivity index (χ3n) is 4.07. The predicted octanol–water partition coefficient (Wildman–Crippen LogP) is 5.63. The maximum Gasteiger partial charge on any atom is 0.273 e. The summed E-state index contributed by atoms with van der Waals surface area (Å²) in [5, 5.41) is 14.7. The van der Waals surface area contributed by atoms with Crippen LogP contribution >= 0.6 is 43.5 Å². The molecule has 5 nitrogen and oxygen atoms in total. The van der Waals surface area contributed by atoms with Gasteiger partial charge in [-0.2, -0.15) is 5.10 Å². The number of rotatable bonds is 7. The lowest BCUT2D eigenvalue weighted by atomic mass is 10.1. The van der Waals surface area contributed by atoms with Crippen molar-refractivity contribution in [1.82, 2.24) is 5.43 Å². The number of carbonyl (C=O) groups excluding carboxylic acids is 1. The number of carbonyl (C=O) groups is 1. The Morgan fingerprint density at radius 3 is 2.37 bits per heavy atom. The number of nitrogens with one attached hydrogen (secondary N) is 1. The SMILES string of the molecule is O=C(N/N=C\c1cc(Br)c(OCc2ccc(Cl)cc2)c(Br)c1)[C@@H](O)c1ccccc1. The molecule has 0 radical (unpaired) electrons. The monoisotopic (exact) mass is 550 g/mol. The molecule has 3 aromatic carbocycles. The van der Waals surface area contributed by atoms with Gasteiger partial charge >= 0.3 is 0 Å². The zero-order valence-corrected chi connectivity index (χ0v) is 19.5. The van der Waals surface area contributed by atoms with Crippen LogP contribution in [0.25, 0.3) is 0 Å². The van der Waals surface area contributed by atoms with E-state index in [2.05, 4.69) is 42.4 Å². The first-order chi connectivity index (χ1) is 14.4. The molecule has 1 atom stereocenters. The van der Waals surface area contributed by atoms with Gasteiger partial charge in [0.1, 0.15) is 12.4 Å². The van der Waals surface area contributed by atoms with Crippen molar-refractivity contribution in [2.75, 3.05) is 0 Å². The number of halogens is 3. The first-order valence-corrected chi connectivity index (χ1v) is 10.8. The van der Waals surface area contributed by atoms with Gasteiger partial charge in [-0.3, -0.25) is 4.79 Å². The molecule has 0 unspecified atom stereocenters. The van der Waals surface area contributed by atoms with Gasteiger partial charge in [0.2, 0.25) is 0 Å². The summed E-state index contributed by atoms with van der Waals surface area (Å²) in [7, 11) is 0. The minimum Gasteiger partial charge on any atom is -0.487 e. The summed E-state index contributed by atoms with van der Waals surface area (Å²) in [5.74, 6) is 0.0316. The average molecular weight is 553 g/mol. The van der Waals surface area contributed by atoms with Crippen LogP contribution in [-0.2, 0) is 11.4 Å². The van der Waals surface area contributed by atoms with E-state index in [1.54, 1.807) is 24.3 Å². The number of nitrogens with zero attached hydrogens (tertiary/aromatic N) is 1. The third-order valence-corrected chi connectivity index (χ3v) is 5.50. The fourth-order valence-electron chi connectivity index (χ4n) is 2.55. The van der Waals surface area contributed by atoms with E-state index < -0.39 is 12.0 Å². The zero-order chi connectivity index (χ0) is 21.5. The fraction of sp³-hybridized carbons (Fsp3) is 0.0909. The van der Waals surface area contributed by atoms with Crippen LogP contribution in [0.1, 0.15) is 22.8 Å². The summed E-state index contributed by atoms with van der Waals surface area (Å²) in [4.78, 5) is 12.0. The Hall–Kier alpha value is -2.19.